The van der Waals surface area contributed by atoms with Gasteiger partial charge in [-0.1, -0.05) is 36.7 Å². The summed E-state index contributed by atoms with van der Waals surface area (Å²) < 4.78 is 39.9. The number of rotatable bonds is 2. The summed E-state index contributed by atoms with van der Waals surface area (Å²) >= 11 is 6.48. The first-order chi connectivity index (χ1) is 25.2. The van der Waals surface area contributed by atoms with Gasteiger partial charge in [0.15, 0.2) is 0 Å². The average molecular weight is 754 g/mol. The lowest BCUT2D eigenvalue weighted by molar-refractivity contribution is -0.0361. The Morgan fingerprint density at radius 1 is 1.06 bits per heavy atom. The first-order valence-corrected chi connectivity index (χ1v) is 20.9. The number of carbonyl (C=O) groups is 2. The van der Waals surface area contributed by atoms with Gasteiger partial charge in [-0.05, 0) is 97.7 Å². The van der Waals surface area contributed by atoms with Crippen LogP contribution in [0, 0.1) is 17.8 Å². The second kappa shape index (κ2) is 16.5. The summed E-state index contributed by atoms with van der Waals surface area (Å²) in [5, 5.41) is 0.719. The fourth-order valence-corrected chi connectivity index (χ4v) is 10.4. The number of amides is 3. The molecule has 1 aliphatic carbocycles. The van der Waals surface area contributed by atoms with E-state index in [2.05, 4.69) is 43.2 Å². The minimum Gasteiger partial charge on any atom is -0.491 e. The van der Waals surface area contributed by atoms with Crippen LogP contribution in [0.3, 0.4) is 0 Å². The Hall–Kier alpha value is -3.16. The molecule has 3 amide bonds. The summed E-state index contributed by atoms with van der Waals surface area (Å²) in [5.41, 5.74) is 3.50. The molecule has 2 bridgehead atoms. The van der Waals surface area contributed by atoms with Gasteiger partial charge in [0.05, 0.1) is 43.4 Å². The lowest BCUT2D eigenvalue weighted by Crippen LogP contribution is -2.60. The minimum absolute atomic E-state index is 0.0323. The van der Waals surface area contributed by atoms with Gasteiger partial charge in [0.2, 0.25) is 0 Å². The lowest BCUT2D eigenvalue weighted by Gasteiger charge is -2.43. The molecule has 1 unspecified atom stereocenters. The van der Waals surface area contributed by atoms with Gasteiger partial charge in [0, 0.05) is 57.0 Å². The Bertz CT molecular complexity index is 1780. The van der Waals surface area contributed by atoms with Crippen LogP contribution >= 0.6 is 11.6 Å². The van der Waals surface area contributed by atoms with Gasteiger partial charge in [-0.15, -0.1) is 4.36 Å². The zero-order valence-electron chi connectivity index (χ0n) is 30.3. The minimum atomic E-state index is -3.51. The first kappa shape index (κ1) is 37.2. The van der Waals surface area contributed by atoms with Crippen LogP contribution < -0.4 is 14.4 Å². The highest BCUT2D eigenvalue weighted by Crippen LogP contribution is 2.42. The molecule has 1 saturated carbocycles. The Balaban J connectivity index is 1.26. The Labute approximate surface area is 313 Å². The number of benzene rings is 2. The molecule has 0 spiro atoms. The van der Waals surface area contributed by atoms with Crippen molar-refractivity contribution in [3.8, 4) is 5.75 Å². The van der Waals surface area contributed by atoms with Gasteiger partial charge in [-0.3, -0.25) is 14.4 Å². The number of allylic oxidation sites excluding steroid dienone is 1. The summed E-state index contributed by atoms with van der Waals surface area (Å²) in [6.07, 6.45) is 9.64. The molecule has 3 fully saturated rings. The van der Waals surface area contributed by atoms with E-state index in [1.54, 1.807) is 18.1 Å². The van der Waals surface area contributed by atoms with Crippen molar-refractivity contribution in [2.75, 3.05) is 70.3 Å². The number of piperazine rings is 1. The quantitative estimate of drug-likeness (QED) is 0.375. The summed E-state index contributed by atoms with van der Waals surface area (Å²) in [7, 11) is -1.75. The summed E-state index contributed by atoms with van der Waals surface area (Å²) in [5.74, 6) is 0.670. The van der Waals surface area contributed by atoms with Crippen LogP contribution in [0.2, 0.25) is 5.02 Å². The number of hydrogen-bond acceptors (Lipinski definition) is 8. The van der Waals surface area contributed by atoms with Crippen molar-refractivity contribution in [3.63, 3.8) is 0 Å². The number of anilines is 1. The van der Waals surface area contributed by atoms with Crippen molar-refractivity contribution in [2.24, 2.45) is 22.1 Å². The molecule has 2 aromatic rings. The summed E-state index contributed by atoms with van der Waals surface area (Å²) in [6.45, 7) is 7.62. The number of methoxy groups -OCH3 is 1. The molecule has 0 radical (unpaired) electrons. The van der Waals surface area contributed by atoms with E-state index in [4.69, 9.17) is 25.8 Å². The highest BCUT2D eigenvalue weighted by Gasteiger charge is 2.38. The van der Waals surface area contributed by atoms with Crippen LogP contribution in [-0.4, -0.2) is 103 Å². The number of nitrogens with one attached hydrogen (secondary N) is 1. The third-order valence-electron chi connectivity index (χ3n) is 11.4. The second-order valence-corrected chi connectivity index (χ2v) is 17.5. The van der Waals surface area contributed by atoms with Crippen molar-refractivity contribution in [3.05, 3.63) is 70.3 Å². The van der Waals surface area contributed by atoms with Gasteiger partial charge in [0.1, 0.15) is 15.7 Å². The van der Waals surface area contributed by atoms with Crippen LogP contribution in [0.25, 0.3) is 0 Å². The van der Waals surface area contributed by atoms with Gasteiger partial charge < -0.3 is 24.0 Å². The number of hydrogen-bond donors (Lipinski definition) is 1. The van der Waals surface area contributed by atoms with E-state index in [1.807, 2.05) is 25.1 Å². The number of halogens is 1. The van der Waals surface area contributed by atoms with E-state index in [0.717, 1.165) is 55.9 Å². The van der Waals surface area contributed by atoms with Gasteiger partial charge in [-0.2, -0.15) is 0 Å². The summed E-state index contributed by atoms with van der Waals surface area (Å²) in [6, 6.07) is 11.1. The molecule has 5 aliphatic rings. The molecule has 2 saturated heterocycles. The predicted molar refractivity (Wildman–Crippen MR) is 203 cm³/mol. The van der Waals surface area contributed by atoms with Crippen molar-refractivity contribution in [1.82, 2.24) is 14.5 Å². The van der Waals surface area contributed by atoms with Crippen LogP contribution in [-0.2, 0) is 32.4 Å². The number of fused-ring (bicyclic) bond motifs is 4. The van der Waals surface area contributed by atoms with Gasteiger partial charge in [-0.25, -0.2) is 9.00 Å². The van der Waals surface area contributed by atoms with E-state index in [1.165, 1.54) is 11.1 Å². The largest absolute Gasteiger partial charge is 0.491 e. The smallest absolute Gasteiger partial charge is 0.329 e. The van der Waals surface area contributed by atoms with Crippen molar-refractivity contribution in [1.29, 1.82) is 0 Å². The Morgan fingerprint density at radius 3 is 2.77 bits per heavy atom. The molecule has 7 rings (SSSR count). The number of nitrogens with zero attached hydrogens (tertiary/aromatic N) is 4. The molecule has 0 aromatic heterocycles. The standard InChI is InChI=1S/C39H52ClN5O6S/c1-27-6-5-8-36(49-2)34-13-10-31(34)23-45-22-30-9-12-32(40)20-28(30)7-3-4-18-51-37-14-11-29(21-35(37)45)38(46)41-52(48,26-27)42-39(47)44-16-15-43-17-19-50-25-33(43)24-44/h5,8-9,11-12,14,20-21,27,31,33-34,36H,3-4,6-7,10,13,15-19,22-26H2,1-2H3,(H,41,42,46,47,48)/b8-5+/t27-,31-,33+,34+,36-,52?/m0/s1. The number of urea groups is 1. The predicted octanol–water partition coefficient (Wildman–Crippen LogP) is 5.95. The van der Waals surface area contributed by atoms with Crippen LogP contribution in [0.1, 0.15) is 60.5 Å². The molecule has 52 heavy (non-hydrogen) atoms. The van der Waals surface area contributed by atoms with Crippen LogP contribution in [0.4, 0.5) is 10.5 Å². The number of carbonyl (C=O) groups excluding carboxylic acids is 2. The molecule has 1 N–H and O–H groups in total. The molecule has 2 aromatic carbocycles. The van der Waals surface area contributed by atoms with E-state index < -0.39 is 21.9 Å². The fraction of sp³-hybridized carbons (Fsp3) is 0.590. The van der Waals surface area contributed by atoms with Crippen molar-refractivity contribution in [2.45, 2.75) is 64.1 Å². The van der Waals surface area contributed by atoms with E-state index >= 15 is 0 Å². The number of ether oxygens (including phenoxy) is 3. The zero-order chi connectivity index (χ0) is 36.2. The molecular weight excluding hydrogens is 702 g/mol. The Morgan fingerprint density at radius 2 is 1.94 bits per heavy atom. The van der Waals surface area contributed by atoms with Crippen molar-refractivity contribution < 1.29 is 28.0 Å². The highest BCUT2D eigenvalue weighted by molar-refractivity contribution is 7.92. The number of aryl methyl sites for hydroxylation is 1. The molecule has 282 valence electrons. The number of morpholine rings is 1. The zero-order valence-corrected chi connectivity index (χ0v) is 31.9. The summed E-state index contributed by atoms with van der Waals surface area (Å²) in [4.78, 5) is 34.1. The van der Waals surface area contributed by atoms with Crippen LogP contribution in [0.15, 0.2) is 52.9 Å². The molecule has 4 aliphatic heterocycles. The Kier molecular flexibility index (Phi) is 11.8. The fourth-order valence-electron chi connectivity index (χ4n) is 8.31. The molecular formula is C39H52ClN5O6S. The highest BCUT2D eigenvalue weighted by atomic mass is 35.5. The van der Waals surface area contributed by atoms with E-state index in [-0.39, 0.29) is 23.8 Å². The normalized spacial score (nSPS) is 30.9. The maximum absolute atomic E-state index is 14.7. The van der Waals surface area contributed by atoms with E-state index in [0.29, 0.717) is 75.6 Å². The lowest BCUT2D eigenvalue weighted by atomic mass is 9.70. The molecule has 6 atom stereocenters. The first-order valence-electron chi connectivity index (χ1n) is 18.8. The molecule has 11 nitrogen and oxygen atoms in total. The monoisotopic (exact) mass is 753 g/mol. The van der Waals surface area contributed by atoms with Gasteiger partial charge in [0.25, 0.3) is 5.91 Å². The SMILES string of the molecule is CO[C@H]1/C=C/C[C@H](C)CS(=O)(NC(=O)N2CCN3CCOC[C@H]3C2)=NC(=O)c2ccc3c(c2)N(Cc2ccc(Cl)cc2CCCCO3)C[C@@H]2CC[C@H]21. The second-order valence-electron chi connectivity index (χ2n) is 15.1. The maximum Gasteiger partial charge on any atom is 0.329 e. The average Bonchev–Trinajstić information content (AvgIpc) is 3.15. The third kappa shape index (κ3) is 8.62. The molecule has 4 heterocycles. The van der Waals surface area contributed by atoms with Crippen LogP contribution in [0.5, 0.6) is 5.75 Å². The van der Waals surface area contributed by atoms with Crippen molar-refractivity contribution >= 4 is 39.1 Å². The maximum atomic E-state index is 14.7. The molecule has 13 heteroatoms. The van der Waals surface area contributed by atoms with E-state index in [9.17, 15) is 13.8 Å². The van der Waals surface area contributed by atoms with Gasteiger partial charge >= 0.3 is 6.03 Å². The third-order valence-corrected chi connectivity index (χ3v) is 13.6. The topological polar surface area (TPSA) is 113 Å².